The molecule has 1 aromatic rings. The van der Waals surface area contributed by atoms with E-state index < -0.39 is 0 Å². The van der Waals surface area contributed by atoms with Crippen LogP contribution in [0.25, 0.3) is 0 Å². The highest BCUT2D eigenvalue weighted by molar-refractivity contribution is 6.17. The molecule has 1 heterocycles. The normalized spacial score (nSPS) is 21.3. The molecule has 2 rings (SSSR count). The Morgan fingerprint density at radius 1 is 1.39 bits per heavy atom. The molecule has 0 radical (unpaired) electrons. The molecular formula is C14H20ClFN2. The second-order valence-corrected chi connectivity index (χ2v) is 5.16. The van der Waals surface area contributed by atoms with Crippen LogP contribution < -0.4 is 4.90 Å². The maximum atomic E-state index is 13.2. The first-order chi connectivity index (χ1) is 8.65. The van der Waals surface area contributed by atoms with Crippen LogP contribution in [0, 0.1) is 5.82 Å². The smallest absolute Gasteiger partial charge is 0.123 e. The van der Waals surface area contributed by atoms with E-state index in [9.17, 15) is 4.39 Å². The lowest BCUT2D eigenvalue weighted by atomic mass is 10.1. The SMILES string of the molecule is CCC1CN(c2ccc(F)cc2CCl)CCN1C. The minimum Gasteiger partial charge on any atom is -0.368 e. The molecule has 0 amide bonds. The lowest BCUT2D eigenvalue weighted by molar-refractivity contribution is 0.213. The van der Waals surface area contributed by atoms with E-state index in [4.69, 9.17) is 11.6 Å². The number of hydrogen-bond acceptors (Lipinski definition) is 2. The van der Waals surface area contributed by atoms with Crippen LogP contribution >= 0.6 is 11.6 Å². The van der Waals surface area contributed by atoms with Crippen molar-refractivity contribution in [2.24, 2.45) is 0 Å². The van der Waals surface area contributed by atoms with Gasteiger partial charge in [0.2, 0.25) is 0 Å². The lowest BCUT2D eigenvalue weighted by Gasteiger charge is -2.41. The van der Waals surface area contributed by atoms with Crippen LogP contribution in [0.5, 0.6) is 0 Å². The maximum absolute atomic E-state index is 13.2. The molecule has 1 atom stereocenters. The molecule has 0 saturated carbocycles. The summed E-state index contributed by atoms with van der Waals surface area (Å²) in [5, 5.41) is 0. The molecule has 0 spiro atoms. The molecule has 0 N–H and O–H groups in total. The van der Waals surface area contributed by atoms with Gasteiger partial charge in [-0.1, -0.05) is 6.92 Å². The summed E-state index contributed by atoms with van der Waals surface area (Å²) in [5.41, 5.74) is 1.97. The number of anilines is 1. The van der Waals surface area contributed by atoms with Crippen LogP contribution in [0.1, 0.15) is 18.9 Å². The number of likely N-dealkylation sites (N-methyl/N-ethyl adjacent to an activating group) is 1. The van der Waals surface area contributed by atoms with Crippen LogP contribution in [0.4, 0.5) is 10.1 Å². The Morgan fingerprint density at radius 2 is 2.17 bits per heavy atom. The zero-order valence-electron chi connectivity index (χ0n) is 11.0. The summed E-state index contributed by atoms with van der Waals surface area (Å²) < 4.78 is 13.2. The summed E-state index contributed by atoms with van der Waals surface area (Å²) in [6.07, 6.45) is 1.13. The zero-order chi connectivity index (χ0) is 13.1. The summed E-state index contributed by atoms with van der Waals surface area (Å²) in [4.78, 5) is 4.71. The van der Waals surface area contributed by atoms with Crippen molar-refractivity contribution < 1.29 is 4.39 Å². The molecule has 0 aromatic heterocycles. The number of hydrogen-bond donors (Lipinski definition) is 0. The van der Waals surface area contributed by atoms with Gasteiger partial charge in [-0.2, -0.15) is 0 Å². The molecule has 1 unspecified atom stereocenters. The topological polar surface area (TPSA) is 6.48 Å². The number of halogens is 2. The van der Waals surface area contributed by atoms with Crippen molar-refractivity contribution >= 4 is 17.3 Å². The Kier molecular flexibility index (Phi) is 4.46. The predicted octanol–water partition coefficient (Wildman–Crippen LogP) is 3.09. The van der Waals surface area contributed by atoms with Gasteiger partial charge in [-0.15, -0.1) is 11.6 Å². The van der Waals surface area contributed by atoms with E-state index in [0.29, 0.717) is 11.9 Å². The number of nitrogens with zero attached hydrogens (tertiary/aromatic N) is 2. The molecule has 1 saturated heterocycles. The highest BCUT2D eigenvalue weighted by Gasteiger charge is 2.24. The third-order valence-electron chi connectivity index (χ3n) is 3.77. The fraction of sp³-hybridized carbons (Fsp3) is 0.571. The van der Waals surface area contributed by atoms with E-state index in [-0.39, 0.29) is 5.82 Å². The first-order valence-corrected chi connectivity index (χ1v) is 6.98. The van der Waals surface area contributed by atoms with Crippen LogP contribution in [-0.4, -0.2) is 37.6 Å². The summed E-state index contributed by atoms with van der Waals surface area (Å²) in [7, 11) is 2.17. The van der Waals surface area contributed by atoms with Gasteiger partial charge in [-0.05, 0) is 37.2 Å². The van der Waals surface area contributed by atoms with Gasteiger partial charge in [-0.25, -0.2) is 4.39 Å². The van der Waals surface area contributed by atoms with Crippen molar-refractivity contribution in [2.45, 2.75) is 25.3 Å². The van der Waals surface area contributed by atoms with Crippen LogP contribution in [0.2, 0.25) is 0 Å². The summed E-state index contributed by atoms with van der Waals surface area (Å²) in [6.45, 7) is 5.21. The molecule has 1 aliphatic rings. The van der Waals surface area contributed by atoms with E-state index in [1.165, 1.54) is 6.07 Å². The van der Waals surface area contributed by atoms with Crippen molar-refractivity contribution in [1.82, 2.24) is 4.90 Å². The summed E-state index contributed by atoms with van der Waals surface area (Å²) in [5.74, 6) is 0.145. The molecule has 1 aliphatic heterocycles. The molecular weight excluding hydrogens is 251 g/mol. The molecule has 1 aromatic carbocycles. The molecule has 100 valence electrons. The van der Waals surface area contributed by atoms with Crippen molar-refractivity contribution in [1.29, 1.82) is 0 Å². The Balaban J connectivity index is 2.21. The van der Waals surface area contributed by atoms with Crippen molar-refractivity contribution in [2.75, 3.05) is 31.6 Å². The van der Waals surface area contributed by atoms with Gasteiger partial charge in [0, 0.05) is 37.2 Å². The third-order valence-corrected chi connectivity index (χ3v) is 4.06. The highest BCUT2D eigenvalue weighted by Crippen LogP contribution is 2.26. The van der Waals surface area contributed by atoms with E-state index in [2.05, 4.69) is 23.8 Å². The van der Waals surface area contributed by atoms with E-state index in [1.807, 2.05) is 6.07 Å². The first kappa shape index (κ1) is 13.6. The van der Waals surface area contributed by atoms with Crippen molar-refractivity contribution in [3.8, 4) is 0 Å². The average molecular weight is 271 g/mol. The van der Waals surface area contributed by atoms with Gasteiger partial charge in [-0.3, -0.25) is 4.90 Å². The van der Waals surface area contributed by atoms with Crippen LogP contribution in [0.15, 0.2) is 18.2 Å². The Hall–Kier alpha value is -0.800. The van der Waals surface area contributed by atoms with Crippen molar-refractivity contribution in [3.63, 3.8) is 0 Å². The van der Waals surface area contributed by atoms with Gasteiger partial charge < -0.3 is 4.90 Å². The van der Waals surface area contributed by atoms with Gasteiger partial charge in [0.05, 0.1) is 0 Å². The van der Waals surface area contributed by atoms with Crippen molar-refractivity contribution in [3.05, 3.63) is 29.6 Å². The number of benzene rings is 1. The van der Waals surface area contributed by atoms with E-state index in [0.717, 1.165) is 37.3 Å². The minimum atomic E-state index is -0.212. The molecule has 0 bridgehead atoms. The second kappa shape index (κ2) is 5.89. The summed E-state index contributed by atoms with van der Waals surface area (Å²) >= 11 is 5.92. The maximum Gasteiger partial charge on any atom is 0.123 e. The van der Waals surface area contributed by atoms with Gasteiger partial charge in [0.25, 0.3) is 0 Å². The first-order valence-electron chi connectivity index (χ1n) is 6.45. The van der Waals surface area contributed by atoms with Crippen LogP contribution in [-0.2, 0) is 5.88 Å². The standard InChI is InChI=1S/C14H20ClFN2/c1-3-13-10-18(7-6-17(13)2)14-5-4-12(16)8-11(14)9-15/h4-5,8,13H,3,6-7,9-10H2,1-2H3. The monoisotopic (exact) mass is 270 g/mol. The lowest BCUT2D eigenvalue weighted by Crippen LogP contribution is -2.51. The number of rotatable bonds is 3. The Bertz CT molecular complexity index is 411. The Morgan fingerprint density at radius 3 is 2.83 bits per heavy atom. The molecule has 1 fully saturated rings. The fourth-order valence-corrected chi connectivity index (χ4v) is 2.79. The van der Waals surface area contributed by atoms with E-state index >= 15 is 0 Å². The predicted molar refractivity (Wildman–Crippen MR) is 74.9 cm³/mol. The zero-order valence-corrected chi connectivity index (χ0v) is 11.8. The number of alkyl halides is 1. The van der Waals surface area contributed by atoms with Gasteiger partial charge in [0.15, 0.2) is 0 Å². The van der Waals surface area contributed by atoms with Gasteiger partial charge in [0.1, 0.15) is 5.82 Å². The number of piperazine rings is 1. The molecule has 2 nitrogen and oxygen atoms in total. The second-order valence-electron chi connectivity index (χ2n) is 4.90. The summed E-state index contributed by atoms with van der Waals surface area (Å²) in [6, 6.07) is 5.48. The highest BCUT2D eigenvalue weighted by atomic mass is 35.5. The quantitative estimate of drug-likeness (QED) is 0.779. The largest absolute Gasteiger partial charge is 0.368 e. The third kappa shape index (κ3) is 2.78. The van der Waals surface area contributed by atoms with Gasteiger partial charge >= 0.3 is 0 Å². The molecule has 4 heteroatoms. The Labute approximate surface area is 113 Å². The van der Waals surface area contributed by atoms with Crippen LogP contribution in [0.3, 0.4) is 0 Å². The fourth-order valence-electron chi connectivity index (χ4n) is 2.58. The minimum absolute atomic E-state index is 0.212. The van der Waals surface area contributed by atoms with E-state index in [1.54, 1.807) is 6.07 Å². The average Bonchev–Trinajstić information content (AvgIpc) is 2.39. The molecule has 0 aliphatic carbocycles. The molecule has 18 heavy (non-hydrogen) atoms.